The van der Waals surface area contributed by atoms with E-state index in [4.69, 9.17) is 4.74 Å². The van der Waals surface area contributed by atoms with E-state index in [9.17, 15) is 4.79 Å². The quantitative estimate of drug-likeness (QED) is 0.478. The van der Waals surface area contributed by atoms with Crippen LogP contribution in [0.15, 0.2) is 17.1 Å². The molecule has 0 amide bonds. The molecule has 0 heterocycles. The Morgan fingerprint density at radius 2 is 2.00 bits per heavy atom. The Hall–Kier alpha value is -1.29. The Labute approximate surface area is 125 Å². The van der Waals surface area contributed by atoms with Gasteiger partial charge in [-0.25, -0.2) is 4.79 Å². The maximum Gasteiger partial charge on any atom is 0.338 e. The van der Waals surface area contributed by atoms with Gasteiger partial charge in [-0.05, 0) is 35.8 Å². The lowest BCUT2D eigenvalue weighted by atomic mass is 9.92. The molecule has 0 aromatic heterocycles. The molecule has 0 aliphatic heterocycles. The van der Waals surface area contributed by atoms with E-state index in [0.717, 1.165) is 21.9 Å². The first-order chi connectivity index (χ1) is 9.46. The first-order valence-corrected chi connectivity index (χ1v) is 7.77. The predicted octanol–water partition coefficient (Wildman–Crippen LogP) is 4.03. The summed E-state index contributed by atoms with van der Waals surface area (Å²) in [5.74, 6) is 1.03. The molecule has 0 radical (unpaired) electrons. The minimum atomic E-state index is -0.295. The van der Waals surface area contributed by atoms with Crippen molar-refractivity contribution in [3.63, 3.8) is 0 Å². The SMILES string of the molecule is CCSC(=NC)c1cc(C(=O)OC)c(C)cc1C(C)C. The summed E-state index contributed by atoms with van der Waals surface area (Å²) < 4.78 is 4.86. The number of carbonyl (C=O) groups excluding carboxylic acids is 1. The van der Waals surface area contributed by atoms with Crippen LogP contribution < -0.4 is 0 Å². The van der Waals surface area contributed by atoms with Crippen LogP contribution in [0, 0.1) is 6.92 Å². The van der Waals surface area contributed by atoms with E-state index in [0.29, 0.717) is 11.5 Å². The summed E-state index contributed by atoms with van der Waals surface area (Å²) in [6, 6.07) is 4.00. The molecule has 110 valence electrons. The molecule has 0 aliphatic rings. The number of thioether (sulfide) groups is 1. The summed E-state index contributed by atoms with van der Waals surface area (Å²) in [5.41, 5.74) is 3.82. The van der Waals surface area contributed by atoms with Gasteiger partial charge in [0, 0.05) is 12.6 Å². The predicted molar refractivity (Wildman–Crippen MR) is 87.2 cm³/mol. The number of esters is 1. The molecule has 1 rings (SSSR count). The van der Waals surface area contributed by atoms with E-state index in [1.807, 2.05) is 13.0 Å². The van der Waals surface area contributed by atoms with Crippen molar-refractivity contribution in [2.45, 2.75) is 33.6 Å². The number of aryl methyl sites for hydroxylation is 1. The van der Waals surface area contributed by atoms with Crippen LogP contribution >= 0.6 is 11.8 Å². The van der Waals surface area contributed by atoms with Crippen LogP contribution in [0.25, 0.3) is 0 Å². The van der Waals surface area contributed by atoms with Gasteiger partial charge < -0.3 is 4.74 Å². The molecule has 1 aromatic rings. The average molecular weight is 293 g/mol. The fourth-order valence-corrected chi connectivity index (χ4v) is 2.86. The first kappa shape index (κ1) is 16.8. The maximum absolute atomic E-state index is 11.9. The number of rotatable bonds is 4. The molecular formula is C16H23NO2S. The Bertz CT molecular complexity index is 521. The molecule has 0 N–H and O–H groups in total. The molecule has 0 atom stereocenters. The Kier molecular flexibility index (Phi) is 6.27. The summed E-state index contributed by atoms with van der Waals surface area (Å²) in [4.78, 5) is 16.2. The van der Waals surface area contributed by atoms with Crippen LogP contribution in [0.2, 0.25) is 0 Å². The lowest BCUT2D eigenvalue weighted by molar-refractivity contribution is 0.0600. The molecular weight excluding hydrogens is 270 g/mol. The second-order valence-corrected chi connectivity index (χ2v) is 6.12. The van der Waals surface area contributed by atoms with Crippen LogP contribution in [-0.2, 0) is 4.74 Å². The zero-order valence-electron chi connectivity index (χ0n) is 13.1. The summed E-state index contributed by atoms with van der Waals surface area (Å²) in [7, 11) is 3.20. The molecule has 0 fully saturated rings. The normalized spacial score (nSPS) is 11.8. The van der Waals surface area contributed by atoms with Gasteiger partial charge in [0.15, 0.2) is 0 Å². The van der Waals surface area contributed by atoms with Crippen molar-refractivity contribution in [3.8, 4) is 0 Å². The molecule has 0 saturated heterocycles. The van der Waals surface area contributed by atoms with E-state index < -0.39 is 0 Å². The molecule has 20 heavy (non-hydrogen) atoms. The molecule has 0 unspecified atom stereocenters. The van der Waals surface area contributed by atoms with Crippen molar-refractivity contribution in [2.75, 3.05) is 19.9 Å². The third-order valence-corrected chi connectivity index (χ3v) is 4.10. The number of nitrogens with zero attached hydrogens (tertiary/aromatic N) is 1. The minimum Gasteiger partial charge on any atom is -0.465 e. The van der Waals surface area contributed by atoms with E-state index >= 15 is 0 Å². The summed E-state index contributed by atoms with van der Waals surface area (Å²) in [5, 5.41) is 0.973. The molecule has 1 aromatic carbocycles. The summed E-state index contributed by atoms with van der Waals surface area (Å²) in [6.07, 6.45) is 0. The van der Waals surface area contributed by atoms with Crippen LogP contribution in [0.4, 0.5) is 0 Å². The largest absolute Gasteiger partial charge is 0.465 e. The van der Waals surface area contributed by atoms with Crippen molar-refractivity contribution >= 4 is 22.8 Å². The highest BCUT2D eigenvalue weighted by Gasteiger charge is 2.18. The molecule has 0 bridgehead atoms. The van der Waals surface area contributed by atoms with Crippen molar-refractivity contribution in [2.24, 2.45) is 4.99 Å². The van der Waals surface area contributed by atoms with Crippen LogP contribution in [0.5, 0.6) is 0 Å². The van der Waals surface area contributed by atoms with E-state index in [1.54, 1.807) is 18.8 Å². The minimum absolute atomic E-state index is 0.295. The molecule has 4 heteroatoms. The third kappa shape index (κ3) is 3.63. The lowest BCUT2D eigenvalue weighted by Crippen LogP contribution is -2.10. The highest BCUT2D eigenvalue weighted by molar-refractivity contribution is 8.14. The third-order valence-electron chi connectivity index (χ3n) is 3.14. The van der Waals surface area contributed by atoms with Gasteiger partial charge in [0.1, 0.15) is 0 Å². The Balaban J connectivity index is 3.49. The number of ether oxygens (including phenoxy) is 1. The van der Waals surface area contributed by atoms with Gasteiger partial charge in [-0.3, -0.25) is 4.99 Å². The first-order valence-electron chi connectivity index (χ1n) is 6.79. The smallest absolute Gasteiger partial charge is 0.338 e. The van der Waals surface area contributed by atoms with Gasteiger partial charge >= 0.3 is 5.97 Å². The average Bonchev–Trinajstić information content (AvgIpc) is 2.43. The van der Waals surface area contributed by atoms with Gasteiger partial charge in [-0.1, -0.05) is 26.8 Å². The Morgan fingerprint density at radius 1 is 1.35 bits per heavy atom. The molecule has 0 saturated carbocycles. The second kappa shape index (κ2) is 7.48. The van der Waals surface area contributed by atoms with Crippen molar-refractivity contribution in [1.82, 2.24) is 0 Å². The van der Waals surface area contributed by atoms with E-state index in [-0.39, 0.29) is 5.97 Å². The summed E-state index contributed by atoms with van der Waals surface area (Å²) in [6.45, 7) is 8.35. The number of hydrogen-bond donors (Lipinski definition) is 0. The molecule has 0 aliphatic carbocycles. The maximum atomic E-state index is 11.9. The second-order valence-electron chi connectivity index (χ2n) is 4.86. The number of aliphatic imine (C=N–C) groups is 1. The van der Waals surface area contributed by atoms with Gasteiger partial charge in [0.2, 0.25) is 0 Å². The fraction of sp³-hybridized carbons (Fsp3) is 0.500. The van der Waals surface area contributed by atoms with Gasteiger partial charge in [0.05, 0.1) is 17.7 Å². The zero-order chi connectivity index (χ0) is 15.3. The van der Waals surface area contributed by atoms with Crippen LogP contribution in [0.3, 0.4) is 0 Å². The number of benzene rings is 1. The van der Waals surface area contributed by atoms with E-state index in [1.165, 1.54) is 12.7 Å². The zero-order valence-corrected chi connectivity index (χ0v) is 13.9. The van der Waals surface area contributed by atoms with Crippen LogP contribution in [0.1, 0.15) is 53.7 Å². The topological polar surface area (TPSA) is 38.7 Å². The number of carbonyl (C=O) groups is 1. The van der Waals surface area contributed by atoms with E-state index in [2.05, 4.69) is 31.8 Å². The number of hydrogen-bond acceptors (Lipinski definition) is 4. The number of methoxy groups -OCH3 is 1. The van der Waals surface area contributed by atoms with Gasteiger partial charge in [0.25, 0.3) is 0 Å². The van der Waals surface area contributed by atoms with Crippen molar-refractivity contribution in [1.29, 1.82) is 0 Å². The van der Waals surface area contributed by atoms with Crippen LogP contribution in [-0.4, -0.2) is 30.9 Å². The van der Waals surface area contributed by atoms with Crippen molar-refractivity contribution in [3.05, 3.63) is 34.4 Å². The highest BCUT2D eigenvalue weighted by Crippen LogP contribution is 2.28. The van der Waals surface area contributed by atoms with Gasteiger partial charge in [-0.2, -0.15) is 0 Å². The monoisotopic (exact) mass is 293 g/mol. The Morgan fingerprint density at radius 3 is 2.45 bits per heavy atom. The van der Waals surface area contributed by atoms with Gasteiger partial charge in [-0.15, -0.1) is 11.8 Å². The van der Waals surface area contributed by atoms with Crippen molar-refractivity contribution < 1.29 is 9.53 Å². The standard InChI is InChI=1S/C16H23NO2S/c1-7-20-15(17-5)14-9-13(16(18)19-6)11(4)8-12(14)10(2)3/h8-10H,7H2,1-6H3. The molecule has 0 spiro atoms. The fourth-order valence-electron chi connectivity index (χ4n) is 2.12. The lowest BCUT2D eigenvalue weighted by Gasteiger charge is -2.17. The molecule has 3 nitrogen and oxygen atoms in total. The highest BCUT2D eigenvalue weighted by atomic mass is 32.2. The summed E-state index contributed by atoms with van der Waals surface area (Å²) >= 11 is 1.69.